The number of quaternary nitrogens is 1. The van der Waals surface area contributed by atoms with Crippen molar-refractivity contribution in [3.8, 4) is 0 Å². The van der Waals surface area contributed by atoms with E-state index in [0.29, 0.717) is 24.1 Å². The molecular formula is C12H26NO7PS. The highest BCUT2D eigenvalue weighted by atomic mass is 32.2. The monoisotopic (exact) mass is 359 g/mol. The van der Waals surface area contributed by atoms with Gasteiger partial charge in [-0.25, -0.2) is 4.57 Å². The Bertz CT molecular complexity index is 401. The van der Waals surface area contributed by atoms with Crippen molar-refractivity contribution in [2.75, 3.05) is 47.5 Å². The molecule has 3 atom stereocenters. The Morgan fingerprint density at radius 3 is 2.59 bits per heavy atom. The average Bonchev–Trinajstić information content (AvgIpc) is 2.71. The van der Waals surface area contributed by atoms with Gasteiger partial charge in [-0.2, -0.15) is 0 Å². The van der Waals surface area contributed by atoms with E-state index in [-0.39, 0.29) is 35.2 Å². The number of rotatable bonds is 8. The third kappa shape index (κ3) is 9.91. The molecule has 10 heteroatoms. The molecule has 1 unspecified atom stereocenters. The van der Waals surface area contributed by atoms with E-state index in [4.69, 9.17) is 13.8 Å². The molecule has 0 radical (unpaired) electrons. The zero-order chi connectivity index (χ0) is 16.1. The Hall–Kier alpha value is 0.01000. The number of carbonyl (C=O) groups excluding carboxylic acids is 1. The van der Waals surface area contributed by atoms with Gasteiger partial charge in [0.2, 0.25) is 0 Å². The van der Waals surface area contributed by atoms with Crippen LogP contribution in [-0.2, 0) is 23.1 Å². The molecule has 132 valence electrons. The molecule has 1 aliphatic heterocycles. The predicted molar refractivity (Wildman–Crippen MR) is 83.0 cm³/mol. The van der Waals surface area contributed by atoms with Gasteiger partial charge in [-0.05, 0) is 6.42 Å². The first-order valence-corrected chi connectivity index (χ1v) is 9.16. The highest BCUT2D eigenvalue weighted by Crippen LogP contribution is 2.43. The topological polar surface area (TPSA) is 112 Å². The highest BCUT2D eigenvalue weighted by Gasteiger charge is 2.30. The molecule has 8 nitrogen and oxygen atoms in total. The van der Waals surface area contributed by atoms with E-state index < -0.39 is 7.82 Å². The van der Waals surface area contributed by atoms with E-state index in [9.17, 15) is 14.3 Å². The summed E-state index contributed by atoms with van der Waals surface area (Å²) in [6, 6.07) is 0. The Morgan fingerprint density at radius 1 is 1.41 bits per heavy atom. The Balaban J connectivity index is 0.00000441. The van der Waals surface area contributed by atoms with Crippen LogP contribution in [-0.4, -0.2) is 78.8 Å². The van der Waals surface area contributed by atoms with E-state index in [1.54, 1.807) is 0 Å². The molecule has 1 fully saturated rings. The van der Waals surface area contributed by atoms with Crippen LogP contribution in [0.25, 0.3) is 0 Å². The minimum Gasteiger partial charge on any atom is -0.870 e. The first-order valence-electron chi connectivity index (χ1n) is 6.78. The maximum atomic E-state index is 11.7. The summed E-state index contributed by atoms with van der Waals surface area (Å²) in [5.41, 5.74) is 0. The quantitative estimate of drug-likeness (QED) is 0.506. The van der Waals surface area contributed by atoms with Crippen molar-refractivity contribution in [2.45, 2.75) is 24.7 Å². The SMILES string of the molecule is CC(=O)S[C@H]1CO[C@@H](COP(=O)(O)OCC[N+](C)(C)C)C1.[OH-]. The lowest BCUT2D eigenvalue weighted by Gasteiger charge is -2.24. The number of nitrogens with zero attached hydrogens (tertiary/aromatic N) is 1. The third-order valence-electron chi connectivity index (χ3n) is 2.82. The van der Waals surface area contributed by atoms with Crippen LogP contribution in [0.2, 0.25) is 0 Å². The molecule has 22 heavy (non-hydrogen) atoms. The fourth-order valence-electron chi connectivity index (χ4n) is 1.75. The number of carbonyl (C=O) groups is 1. The Kier molecular flexibility index (Phi) is 9.35. The van der Waals surface area contributed by atoms with Crippen molar-refractivity contribution < 1.29 is 38.0 Å². The van der Waals surface area contributed by atoms with Crippen LogP contribution in [0.15, 0.2) is 0 Å². The van der Waals surface area contributed by atoms with Gasteiger partial charge in [0, 0.05) is 12.2 Å². The van der Waals surface area contributed by atoms with Gasteiger partial charge in [0.1, 0.15) is 13.2 Å². The van der Waals surface area contributed by atoms with E-state index in [0.717, 1.165) is 0 Å². The van der Waals surface area contributed by atoms with Crippen molar-refractivity contribution in [1.29, 1.82) is 0 Å². The van der Waals surface area contributed by atoms with E-state index in [1.165, 1.54) is 18.7 Å². The van der Waals surface area contributed by atoms with Crippen molar-refractivity contribution >= 4 is 24.7 Å². The van der Waals surface area contributed by atoms with Crippen LogP contribution in [0.5, 0.6) is 0 Å². The van der Waals surface area contributed by atoms with Crippen molar-refractivity contribution in [3.63, 3.8) is 0 Å². The molecule has 0 aromatic rings. The predicted octanol–water partition coefficient (Wildman–Crippen LogP) is 1.09. The lowest BCUT2D eigenvalue weighted by molar-refractivity contribution is -0.870. The fourth-order valence-corrected chi connectivity index (χ4v) is 3.42. The summed E-state index contributed by atoms with van der Waals surface area (Å²) in [4.78, 5) is 20.6. The van der Waals surface area contributed by atoms with Gasteiger partial charge < -0.3 is 19.6 Å². The fraction of sp³-hybridized carbons (Fsp3) is 0.917. The molecule has 2 N–H and O–H groups in total. The molecule has 1 aliphatic rings. The molecular weight excluding hydrogens is 333 g/mol. The zero-order valence-electron chi connectivity index (χ0n) is 13.4. The summed E-state index contributed by atoms with van der Waals surface area (Å²) in [5.74, 6) is 0. The second kappa shape index (κ2) is 9.34. The zero-order valence-corrected chi connectivity index (χ0v) is 15.1. The molecule has 1 rings (SSSR count). The van der Waals surface area contributed by atoms with Crippen molar-refractivity contribution in [1.82, 2.24) is 0 Å². The largest absolute Gasteiger partial charge is 0.870 e. The van der Waals surface area contributed by atoms with E-state index in [1.807, 2.05) is 21.1 Å². The molecule has 0 aromatic heterocycles. The van der Waals surface area contributed by atoms with E-state index >= 15 is 0 Å². The Morgan fingerprint density at radius 2 is 2.05 bits per heavy atom. The lowest BCUT2D eigenvalue weighted by atomic mass is 10.2. The van der Waals surface area contributed by atoms with E-state index in [2.05, 4.69) is 0 Å². The Labute approximate surface area is 135 Å². The number of hydrogen-bond donors (Lipinski definition) is 1. The van der Waals surface area contributed by atoms with Crippen LogP contribution in [0, 0.1) is 0 Å². The standard InChI is InChI=1S/C12H24NO6PS.H2O/c1-10(14)21-12-7-11(17-9-12)8-19-20(15,16)18-6-5-13(2,3)4;/h11-12H,5-9H2,1-4H3;1H2/t11-,12-;/m1./s1. The molecule has 0 aromatic carbocycles. The molecule has 0 aliphatic carbocycles. The second-order valence-electron chi connectivity index (χ2n) is 6.03. The normalized spacial score (nSPS) is 24.6. The number of likely N-dealkylation sites (N-methyl/N-ethyl adjacent to an activating group) is 1. The highest BCUT2D eigenvalue weighted by molar-refractivity contribution is 8.14. The molecule has 0 amide bonds. The maximum absolute atomic E-state index is 11.7. The molecule has 1 heterocycles. The number of thioether (sulfide) groups is 1. The second-order valence-corrected chi connectivity index (χ2v) is 8.96. The van der Waals surface area contributed by atoms with Crippen LogP contribution < -0.4 is 0 Å². The molecule has 0 bridgehead atoms. The summed E-state index contributed by atoms with van der Waals surface area (Å²) < 4.78 is 27.6. The number of phosphoric acid groups is 1. The van der Waals surface area contributed by atoms with Crippen molar-refractivity contribution in [3.05, 3.63) is 0 Å². The summed E-state index contributed by atoms with van der Waals surface area (Å²) >= 11 is 1.23. The van der Waals surface area contributed by atoms with Gasteiger partial charge in [0.05, 0.1) is 40.5 Å². The van der Waals surface area contributed by atoms with Crippen LogP contribution in [0.1, 0.15) is 13.3 Å². The summed E-state index contributed by atoms with van der Waals surface area (Å²) in [6.07, 6.45) is 0.354. The van der Waals surface area contributed by atoms with Gasteiger partial charge >= 0.3 is 7.82 Å². The van der Waals surface area contributed by atoms with Gasteiger partial charge in [-0.1, -0.05) is 11.8 Å². The average molecular weight is 359 g/mol. The summed E-state index contributed by atoms with van der Waals surface area (Å²) in [5, 5.41) is 0.134. The number of hydrogen-bond acceptors (Lipinski definition) is 7. The molecule has 0 saturated carbocycles. The lowest BCUT2D eigenvalue weighted by Crippen LogP contribution is -2.37. The van der Waals surface area contributed by atoms with Crippen LogP contribution in [0.4, 0.5) is 0 Å². The first-order chi connectivity index (χ1) is 9.57. The maximum Gasteiger partial charge on any atom is 0.472 e. The third-order valence-corrected chi connectivity index (χ3v) is 4.79. The van der Waals surface area contributed by atoms with Crippen LogP contribution in [0.3, 0.4) is 0 Å². The minimum atomic E-state index is -4.04. The van der Waals surface area contributed by atoms with Crippen molar-refractivity contribution in [2.24, 2.45) is 0 Å². The molecule has 1 saturated heterocycles. The van der Waals surface area contributed by atoms with Gasteiger partial charge in [0.25, 0.3) is 0 Å². The smallest absolute Gasteiger partial charge is 0.472 e. The van der Waals surface area contributed by atoms with Gasteiger partial charge in [0.15, 0.2) is 5.12 Å². The number of ether oxygens (including phenoxy) is 1. The van der Waals surface area contributed by atoms with Crippen LogP contribution >= 0.6 is 19.6 Å². The minimum absolute atomic E-state index is 0. The molecule has 0 spiro atoms. The summed E-state index contributed by atoms with van der Waals surface area (Å²) in [6.45, 7) is 2.71. The summed E-state index contributed by atoms with van der Waals surface area (Å²) in [7, 11) is 1.85. The van der Waals surface area contributed by atoms with Gasteiger partial charge in [-0.15, -0.1) is 0 Å². The first kappa shape index (κ1) is 22.0. The van der Waals surface area contributed by atoms with Gasteiger partial charge in [-0.3, -0.25) is 13.8 Å². The number of phosphoric ester groups is 1.